The minimum Gasteiger partial charge on any atom is -0.455 e. The van der Waals surface area contributed by atoms with Crippen LogP contribution < -0.4 is 4.90 Å². The minimum atomic E-state index is 0.881. The molecule has 10 aromatic carbocycles. The monoisotopic (exact) mass is 805 g/mol. The molecular formula is C60H39NO2. The number of nitrogens with zero attached hydrogens (tertiary/aromatic N) is 1. The number of para-hydroxylation sites is 4. The average Bonchev–Trinajstić information content (AvgIpc) is 3.94. The maximum absolute atomic E-state index is 6.60. The molecule has 0 atom stereocenters. The molecule has 12 aromatic rings. The average molecular weight is 806 g/mol. The topological polar surface area (TPSA) is 29.5 Å². The lowest BCUT2D eigenvalue weighted by molar-refractivity contribution is 0.669. The summed E-state index contributed by atoms with van der Waals surface area (Å²) in [5.74, 6) is 0. The smallest absolute Gasteiger partial charge is 0.143 e. The van der Waals surface area contributed by atoms with E-state index in [4.69, 9.17) is 8.83 Å². The Labute approximate surface area is 365 Å². The molecule has 3 heteroatoms. The predicted molar refractivity (Wildman–Crippen MR) is 263 cm³/mol. The van der Waals surface area contributed by atoms with Gasteiger partial charge in [-0.05, 0) is 81.4 Å². The molecule has 2 heterocycles. The molecule has 0 fully saturated rings. The van der Waals surface area contributed by atoms with Crippen molar-refractivity contribution in [1.29, 1.82) is 0 Å². The summed E-state index contributed by atoms with van der Waals surface area (Å²) in [5, 5.41) is 4.44. The van der Waals surface area contributed by atoms with Gasteiger partial charge in [0.05, 0.1) is 5.69 Å². The van der Waals surface area contributed by atoms with Gasteiger partial charge in [0, 0.05) is 49.6 Å². The van der Waals surface area contributed by atoms with Gasteiger partial charge < -0.3 is 13.7 Å². The van der Waals surface area contributed by atoms with Crippen molar-refractivity contribution in [3.63, 3.8) is 0 Å². The van der Waals surface area contributed by atoms with Gasteiger partial charge in [0.2, 0.25) is 0 Å². The molecule has 0 amide bonds. The highest BCUT2D eigenvalue weighted by atomic mass is 16.3. The molecule has 12 rings (SSSR count). The molecule has 0 bridgehead atoms. The van der Waals surface area contributed by atoms with E-state index in [1.165, 1.54) is 5.56 Å². The third-order valence-corrected chi connectivity index (χ3v) is 12.3. The minimum absolute atomic E-state index is 0.881. The van der Waals surface area contributed by atoms with E-state index in [0.29, 0.717) is 0 Å². The second kappa shape index (κ2) is 15.3. The van der Waals surface area contributed by atoms with Crippen molar-refractivity contribution in [2.45, 2.75) is 0 Å². The van der Waals surface area contributed by atoms with Crippen LogP contribution in [0.1, 0.15) is 0 Å². The van der Waals surface area contributed by atoms with Crippen LogP contribution in [0.4, 0.5) is 17.1 Å². The second-order valence-corrected chi connectivity index (χ2v) is 16.0. The van der Waals surface area contributed by atoms with Crippen LogP contribution in [0.3, 0.4) is 0 Å². The molecule has 63 heavy (non-hydrogen) atoms. The third kappa shape index (κ3) is 6.29. The van der Waals surface area contributed by atoms with Crippen LogP contribution in [0.5, 0.6) is 0 Å². The van der Waals surface area contributed by atoms with Crippen LogP contribution in [0, 0.1) is 0 Å². The number of furan rings is 2. The molecule has 0 radical (unpaired) electrons. The van der Waals surface area contributed by atoms with Crippen molar-refractivity contribution in [3.8, 4) is 55.6 Å². The highest BCUT2D eigenvalue weighted by Gasteiger charge is 2.24. The Balaban J connectivity index is 1.13. The van der Waals surface area contributed by atoms with Crippen LogP contribution in [0.15, 0.2) is 245 Å². The summed E-state index contributed by atoms with van der Waals surface area (Å²) in [5.41, 5.74) is 17.7. The summed E-state index contributed by atoms with van der Waals surface area (Å²) < 4.78 is 13.2. The van der Waals surface area contributed by atoms with E-state index in [2.05, 4.69) is 217 Å². The molecule has 0 saturated heterocycles. The summed E-state index contributed by atoms with van der Waals surface area (Å²) in [6, 6.07) is 84.2. The van der Waals surface area contributed by atoms with Gasteiger partial charge >= 0.3 is 0 Å². The largest absolute Gasteiger partial charge is 0.455 e. The first-order chi connectivity index (χ1) is 31.3. The van der Waals surface area contributed by atoms with Crippen molar-refractivity contribution in [3.05, 3.63) is 237 Å². The maximum atomic E-state index is 6.60. The van der Waals surface area contributed by atoms with Crippen molar-refractivity contribution < 1.29 is 8.83 Å². The Bertz CT molecular complexity index is 3480. The maximum Gasteiger partial charge on any atom is 0.143 e. The first kappa shape index (κ1) is 36.5. The molecule has 0 unspecified atom stereocenters. The fourth-order valence-corrected chi connectivity index (χ4v) is 9.44. The van der Waals surface area contributed by atoms with Gasteiger partial charge in [0.25, 0.3) is 0 Å². The number of hydrogen-bond donors (Lipinski definition) is 0. The van der Waals surface area contributed by atoms with Gasteiger partial charge in [-0.3, -0.25) is 0 Å². The molecule has 0 N–H and O–H groups in total. The zero-order chi connectivity index (χ0) is 41.7. The van der Waals surface area contributed by atoms with E-state index < -0.39 is 0 Å². The van der Waals surface area contributed by atoms with E-state index in [1.54, 1.807) is 0 Å². The van der Waals surface area contributed by atoms with Crippen molar-refractivity contribution >= 4 is 60.9 Å². The van der Waals surface area contributed by atoms with Crippen LogP contribution in [-0.2, 0) is 0 Å². The Kier molecular flexibility index (Phi) is 8.83. The molecule has 3 nitrogen and oxygen atoms in total. The van der Waals surface area contributed by atoms with Crippen LogP contribution in [0.25, 0.3) is 99.5 Å². The van der Waals surface area contributed by atoms with Crippen molar-refractivity contribution in [2.75, 3.05) is 4.90 Å². The Morgan fingerprint density at radius 3 is 1.24 bits per heavy atom. The molecule has 0 aliphatic carbocycles. The van der Waals surface area contributed by atoms with Crippen LogP contribution >= 0.6 is 0 Å². The summed E-state index contributed by atoms with van der Waals surface area (Å²) in [6.45, 7) is 0. The van der Waals surface area contributed by atoms with Gasteiger partial charge in [-0.25, -0.2) is 0 Å². The Morgan fingerprint density at radius 1 is 0.270 bits per heavy atom. The van der Waals surface area contributed by atoms with E-state index in [-0.39, 0.29) is 0 Å². The van der Waals surface area contributed by atoms with Gasteiger partial charge in [0.1, 0.15) is 22.3 Å². The highest BCUT2D eigenvalue weighted by molar-refractivity contribution is 6.11. The third-order valence-electron chi connectivity index (χ3n) is 12.3. The zero-order valence-corrected chi connectivity index (χ0v) is 34.3. The Hall–Kier alpha value is -8.40. The Morgan fingerprint density at radius 2 is 0.667 bits per heavy atom. The number of fused-ring (bicyclic) bond motifs is 6. The van der Waals surface area contributed by atoms with Gasteiger partial charge in [0.15, 0.2) is 0 Å². The van der Waals surface area contributed by atoms with Gasteiger partial charge in [-0.15, -0.1) is 0 Å². The standard InChI is InChI=1S/C60H39NO2/c1-3-18-40(19-4-1)46-26-7-8-29-52(46)58-47(41-20-5-2-6-21-41)30-17-35-55(58)61(44-24-13-22-42(38-44)48-31-15-33-53-50-27-9-11-36-56(50)62-59(48)53)45-25-14-23-43(39-45)49-32-16-34-54-51-28-10-12-37-57(51)63-60(49)54/h1-39H. The molecular weight excluding hydrogens is 767 g/mol. The van der Waals surface area contributed by atoms with Crippen LogP contribution in [0.2, 0.25) is 0 Å². The van der Waals surface area contributed by atoms with Crippen molar-refractivity contribution in [1.82, 2.24) is 0 Å². The second-order valence-electron chi connectivity index (χ2n) is 16.0. The zero-order valence-electron chi connectivity index (χ0n) is 34.3. The number of rotatable bonds is 8. The quantitative estimate of drug-likeness (QED) is 0.153. The van der Waals surface area contributed by atoms with E-state index >= 15 is 0 Å². The van der Waals surface area contributed by atoms with Gasteiger partial charge in [-0.2, -0.15) is 0 Å². The lowest BCUT2D eigenvalue weighted by Gasteiger charge is -2.30. The molecule has 0 saturated carbocycles. The summed E-state index contributed by atoms with van der Waals surface area (Å²) >= 11 is 0. The molecule has 2 aromatic heterocycles. The van der Waals surface area contributed by atoms with E-state index in [9.17, 15) is 0 Å². The first-order valence-electron chi connectivity index (χ1n) is 21.4. The normalized spacial score (nSPS) is 11.5. The lowest BCUT2D eigenvalue weighted by Crippen LogP contribution is -2.12. The number of benzene rings is 10. The lowest BCUT2D eigenvalue weighted by atomic mass is 9.87. The van der Waals surface area contributed by atoms with E-state index in [1.807, 2.05) is 24.3 Å². The predicted octanol–water partition coefficient (Wildman–Crippen LogP) is 17.3. The molecule has 296 valence electrons. The van der Waals surface area contributed by atoms with Gasteiger partial charge in [-0.1, -0.05) is 194 Å². The summed E-state index contributed by atoms with van der Waals surface area (Å²) in [6.07, 6.45) is 0. The highest BCUT2D eigenvalue weighted by Crippen LogP contribution is 2.49. The molecule has 0 aliphatic rings. The van der Waals surface area contributed by atoms with Crippen molar-refractivity contribution in [2.24, 2.45) is 0 Å². The van der Waals surface area contributed by atoms with Crippen LogP contribution in [-0.4, -0.2) is 0 Å². The fourth-order valence-electron chi connectivity index (χ4n) is 9.44. The molecule has 0 spiro atoms. The first-order valence-corrected chi connectivity index (χ1v) is 21.4. The summed E-state index contributed by atoms with van der Waals surface area (Å²) in [7, 11) is 0. The van der Waals surface area contributed by atoms with E-state index in [0.717, 1.165) is 111 Å². The fraction of sp³-hybridized carbons (Fsp3) is 0. The summed E-state index contributed by atoms with van der Waals surface area (Å²) in [4.78, 5) is 2.42. The number of hydrogen-bond acceptors (Lipinski definition) is 3. The number of anilines is 3. The SMILES string of the molecule is c1ccc(-c2ccccc2-c2c(-c3ccccc3)cccc2N(c2cccc(-c3cccc4c3oc3ccccc34)c2)c2cccc(-c3cccc4c3oc3ccccc34)c2)cc1. The molecule has 0 aliphatic heterocycles.